The molecule has 0 amide bonds. The van der Waals surface area contributed by atoms with Crippen molar-refractivity contribution >= 4 is 40.7 Å². The minimum atomic E-state index is -0.728. The molecule has 0 spiro atoms. The van der Waals surface area contributed by atoms with Crippen molar-refractivity contribution in [3.8, 4) is 0 Å². The lowest BCUT2D eigenvalue weighted by molar-refractivity contribution is 0.542. The Kier molecular flexibility index (Phi) is 4.00. The molecule has 94 valence electrons. The maximum Gasteiger partial charge on any atom is 0.142 e. The van der Waals surface area contributed by atoms with Crippen LogP contribution >= 0.6 is 35.0 Å². The molecule has 0 bridgehead atoms. The van der Waals surface area contributed by atoms with E-state index in [-0.39, 0.29) is 10.6 Å². The van der Waals surface area contributed by atoms with E-state index in [1.165, 1.54) is 0 Å². The van der Waals surface area contributed by atoms with Crippen molar-refractivity contribution in [2.75, 3.05) is 5.73 Å². The van der Waals surface area contributed by atoms with E-state index in [9.17, 15) is 8.78 Å². The minimum absolute atomic E-state index is 0.0338. The van der Waals surface area contributed by atoms with Gasteiger partial charge in [-0.3, -0.25) is 0 Å². The van der Waals surface area contributed by atoms with Crippen LogP contribution in [0.25, 0.3) is 0 Å². The quantitative estimate of drug-likeness (QED) is 0.790. The highest BCUT2D eigenvalue weighted by Gasteiger charge is 2.14. The molecular weight excluding hydrogens is 299 g/mol. The Morgan fingerprint density at radius 2 is 1.61 bits per heavy atom. The van der Waals surface area contributed by atoms with E-state index < -0.39 is 11.6 Å². The van der Waals surface area contributed by atoms with Gasteiger partial charge in [0.1, 0.15) is 11.6 Å². The van der Waals surface area contributed by atoms with Crippen molar-refractivity contribution in [1.29, 1.82) is 0 Å². The van der Waals surface area contributed by atoms with Gasteiger partial charge in [0.15, 0.2) is 0 Å². The van der Waals surface area contributed by atoms with Crippen LogP contribution < -0.4 is 5.73 Å². The molecule has 2 aromatic rings. The number of nitrogens with two attached hydrogens (primary N) is 1. The lowest BCUT2D eigenvalue weighted by Gasteiger charge is -2.07. The fourth-order valence-electron chi connectivity index (χ4n) is 1.34. The molecule has 6 heteroatoms. The summed E-state index contributed by atoms with van der Waals surface area (Å²) in [6, 6.07) is 6.83. The first-order valence-electron chi connectivity index (χ1n) is 4.85. The normalized spacial score (nSPS) is 10.7. The molecular formula is C12H7Cl2F2NS. The molecule has 2 N–H and O–H groups in total. The highest BCUT2D eigenvalue weighted by molar-refractivity contribution is 7.99. The van der Waals surface area contributed by atoms with Crippen LogP contribution in [-0.2, 0) is 0 Å². The van der Waals surface area contributed by atoms with Crippen molar-refractivity contribution in [2.24, 2.45) is 0 Å². The summed E-state index contributed by atoms with van der Waals surface area (Å²) in [6.45, 7) is 0. The second kappa shape index (κ2) is 5.34. The summed E-state index contributed by atoms with van der Waals surface area (Å²) in [7, 11) is 0. The standard InChI is InChI=1S/C12H7Cl2F2NS/c13-6-1-2-8(14)11(3-6)18-12-9(15)4-7(17)5-10(12)16/h1-5H,17H2. The Labute approximate surface area is 117 Å². The first-order chi connectivity index (χ1) is 8.47. The third-order valence-electron chi connectivity index (χ3n) is 2.13. The number of benzene rings is 2. The Balaban J connectivity index is 2.43. The second-order valence-electron chi connectivity index (χ2n) is 3.49. The third kappa shape index (κ3) is 2.88. The van der Waals surface area contributed by atoms with Gasteiger partial charge in [-0.2, -0.15) is 0 Å². The predicted octanol–water partition coefficient (Wildman–Crippen LogP) is 5.01. The lowest BCUT2D eigenvalue weighted by atomic mass is 10.3. The van der Waals surface area contributed by atoms with E-state index in [4.69, 9.17) is 28.9 Å². The summed E-state index contributed by atoms with van der Waals surface area (Å²) in [6.07, 6.45) is 0. The van der Waals surface area contributed by atoms with E-state index in [1.54, 1.807) is 18.2 Å². The minimum Gasteiger partial charge on any atom is -0.399 e. The van der Waals surface area contributed by atoms with Gasteiger partial charge in [0, 0.05) is 15.6 Å². The number of halogens is 4. The van der Waals surface area contributed by atoms with Crippen LogP contribution in [0.15, 0.2) is 40.1 Å². The average molecular weight is 306 g/mol. The molecule has 0 aliphatic heterocycles. The molecule has 0 saturated carbocycles. The number of anilines is 1. The van der Waals surface area contributed by atoms with Crippen molar-refractivity contribution in [3.05, 3.63) is 52.0 Å². The summed E-state index contributed by atoms with van der Waals surface area (Å²) in [5, 5.41) is 0.818. The van der Waals surface area contributed by atoms with Gasteiger partial charge in [0.25, 0.3) is 0 Å². The fraction of sp³-hybridized carbons (Fsp3) is 0. The van der Waals surface area contributed by atoms with Crippen LogP contribution in [0.2, 0.25) is 10.0 Å². The van der Waals surface area contributed by atoms with Crippen LogP contribution in [0.5, 0.6) is 0 Å². The highest BCUT2D eigenvalue weighted by atomic mass is 35.5. The molecule has 2 aromatic carbocycles. The summed E-state index contributed by atoms with van der Waals surface area (Å²) in [5.41, 5.74) is 5.37. The summed E-state index contributed by atoms with van der Waals surface area (Å²) in [5.74, 6) is -1.46. The van der Waals surface area contributed by atoms with Gasteiger partial charge in [-0.05, 0) is 30.3 Å². The van der Waals surface area contributed by atoms with Crippen molar-refractivity contribution < 1.29 is 8.78 Å². The van der Waals surface area contributed by atoms with E-state index in [1.807, 2.05) is 0 Å². The molecule has 0 aliphatic rings. The van der Waals surface area contributed by atoms with E-state index >= 15 is 0 Å². The smallest absolute Gasteiger partial charge is 0.142 e. The molecule has 0 atom stereocenters. The van der Waals surface area contributed by atoms with Gasteiger partial charge in [-0.25, -0.2) is 8.78 Å². The summed E-state index contributed by atoms with van der Waals surface area (Å²) in [4.78, 5) is 0.320. The Morgan fingerprint density at radius 1 is 1.00 bits per heavy atom. The number of hydrogen-bond acceptors (Lipinski definition) is 2. The van der Waals surface area contributed by atoms with E-state index in [0.717, 1.165) is 23.9 Å². The van der Waals surface area contributed by atoms with Gasteiger partial charge in [-0.1, -0.05) is 35.0 Å². The molecule has 0 heterocycles. The first-order valence-corrected chi connectivity index (χ1v) is 6.42. The largest absolute Gasteiger partial charge is 0.399 e. The summed E-state index contributed by atoms with van der Waals surface area (Å²) >= 11 is 12.6. The predicted molar refractivity (Wildman–Crippen MR) is 71.4 cm³/mol. The third-order valence-corrected chi connectivity index (χ3v) is 3.95. The monoisotopic (exact) mass is 305 g/mol. The number of rotatable bonds is 2. The maximum absolute atomic E-state index is 13.6. The van der Waals surface area contributed by atoms with Gasteiger partial charge in [0.05, 0.1) is 9.92 Å². The van der Waals surface area contributed by atoms with Gasteiger partial charge in [-0.15, -0.1) is 0 Å². The van der Waals surface area contributed by atoms with Crippen LogP contribution in [0, 0.1) is 11.6 Å². The average Bonchev–Trinajstić information content (AvgIpc) is 2.28. The van der Waals surface area contributed by atoms with Gasteiger partial charge < -0.3 is 5.73 Å². The van der Waals surface area contributed by atoms with E-state index in [0.29, 0.717) is 14.9 Å². The Bertz CT molecular complexity index is 582. The second-order valence-corrected chi connectivity index (χ2v) is 5.39. The van der Waals surface area contributed by atoms with Crippen LogP contribution in [0.3, 0.4) is 0 Å². The molecule has 18 heavy (non-hydrogen) atoms. The molecule has 0 aromatic heterocycles. The molecule has 1 nitrogen and oxygen atoms in total. The highest BCUT2D eigenvalue weighted by Crippen LogP contribution is 2.38. The van der Waals surface area contributed by atoms with E-state index in [2.05, 4.69) is 0 Å². The zero-order chi connectivity index (χ0) is 13.3. The summed E-state index contributed by atoms with van der Waals surface area (Å²) < 4.78 is 27.2. The molecule has 0 aliphatic carbocycles. The lowest BCUT2D eigenvalue weighted by Crippen LogP contribution is -1.93. The van der Waals surface area contributed by atoms with Crippen LogP contribution in [0.1, 0.15) is 0 Å². The van der Waals surface area contributed by atoms with Crippen molar-refractivity contribution in [2.45, 2.75) is 9.79 Å². The SMILES string of the molecule is Nc1cc(F)c(Sc2cc(Cl)ccc2Cl)c(F)c1. The van der Waals surface area contributed by atoms with Crippen LogP contribution in [0.4, 0.5) is 14.5 Å². The van der Waals surface area contributed by atoms with Crippen LogP contribution in [-0.4, -0.2) is 0 Å². The molecule has 2 rings (SSSR count). The number of hydrogen-bond donors (Lipinski definition) is 1. The molecule has 0 saturated heterocycles. The molecule has 0 unspecified atom stereocenters. The zero-order valence-electron chi connectivity index (χ0n) is 8.88. The van der Waals surface area contributed by atoms with Gasteiger partial charge >= 0.3 is 0 Å². The Morgan fingerprint density at radius 3 is 2.22 bits per heavy atom. The van der Waals surface area contributed by atoms with Gasteiger partial charge in [0.2, 0.25) is 0 Å². The molecule has 0 radical (unpaired) electrons. The molecule has 0 fully saturated rings. The van der Waals surface area contributed by atoms with Crippen molar-refractivity contribution in [3.63, 3.8) is 0 Å². The van der Waals surface area contributed by atoms with Crippen molar-refractivity contribution in [1.82, 2.24) is 0 Å². The Hall–Kier alpha value is -0.970. The first kappa shape index (κ1) is 13.5. The maximum atomic E-state index is 13.6. The zero-order valence-corrected chi connectivity index (χ0v) is 11.2. The number of nitrogen functional groups attached to an aromatic ring is 1. The topological polar surface area (TPSA) is 26.0 Å². The fourth-order valence-corrected chi connectivity index (χ4v) is 2.70.